The van der Waals surface area contributed by atoms with Crippen molar-refractivity contribution in [3.05, 3.63) is 0 Å². The first-order valence-corrected chi connectivity index (χ1v) is 7.04. The topological polar surface area (TPSA) is 78.9 Å². The normalized spacial score (nSPS) is 19.1. The lowest BCUT2D eigenvalue weighted by atomic mass is 9.85. The van der Waals surface area contributed by atoms with Crippen molar-refractivity contribution in [2.75, 3.05) is 13.1 Å². The number of carboxylic acids is 1. The molecule has 0 radical (unpaired) electrons. The minimum Gasteiger partial charge on any atom is -0.481 e. The Bertz CT molecular complexity index is 370. The van der Waals surface area contributed by atoms with Crippen LogP contribution in [0.5, 0.6) is 0 Å². The predicted molar refractivity (Wildman–Crippen MR) is 75.7 cm³/mol. The Balaban J connectivity index is 2.61. The number of rotatable bonds is 5. The standard InChI is InChI=1S/C14H26N2O4/c1-6-10(2)15-14(7-11(17)18)8-16(9-14)12(19)20-13(3,4)5/h10,15H,6-9H2,1-5H3,(H,17,18). The highest BCUT2D eigenvalue weighted by Gasteiger charge is 2.48. The van der Waals surface area contributed by atoms with Crippen molar-refractivity contribution < 1.29 is 19.4 Å². The average molecular weight is 286 g/mol. The third kappa shape index (κ3) is 4.67. The fraction of sp³-hybridized carbons (Fsp3) is 0.857. The van der Waals surface area contributed by atoms with Crippen LogP contribution >= 0.6 is 0 Å². The molecule has 116 valence electrons. The number of aliphatic carboxylic acids is 1. The van der Waals surface area contributed by atoms with Gasteiger partial charge in [0.05, 0.1) is 12.0 Å². The molecule has 1 saturated heterocycles. The Hall–Kier alpha value is -1.30. The van der Waals surface area contributed by atoms with Crippen LogP contribution in [0.15, 0.2) is 0 Å². The average Bonchev–Trinajstić information content (AvgIpc) is 2.21. The van der Waals surface area contributed by atoms with Crippen molar-refractivity contribution in [2.45, 2.75) is 64.6 Å². The summed E-state index contributed by atoms with van der Waals surface area (Å²) in [6.07, 6.45) is 0.536. The SMILES string of the molecule is CCC(C)NC1(CC(=O)O)CN(C(=O)OC(C)(C)C)C1. The second kappa shape index (κ2) is 5.99. The van der Waals surface area contributed by atoms with Crippen LogP contribution in [0.3, 0.4) is 0 Å². The highest BCUT2D eigenvalue weighted by Crippen LogP contribution is 2.27. The first kappa shape index (κ1) is 16.8. The van der Waals surface area contributed by atoms with Crippen molar-refractivity contribution in [3.8, 4) is 0 Å². The summed E-state index contributed by atoms with van der Waals surface area (Å²) in [4.78, 5) is 24.5. The molecule has 0 saturated carbocycles. The summed E-state index contributed by atoms with van der Waals surface area (Å²) in [5, 5.41) is 12.4. The van der Waals surface area contributed by atoms with E-state index in [9.17, 15) is 9.59 Å². The summed E-state index contributed by atoms with van der Waals surface area (Å²) >= 11 is 0. The van der Waals surface area contributed by atoms with Gasteiger partial charge in [0.15, 0.2) is 0 Å². The monoisotopic (exact) mass is 286 g/mol. The number of ether oxygens (including phenoxy) is 1. The Morgan fingerprint density at radius 2 is 1.95 bits per heavy atom. The molecule has 1 heterocycles. The summed E-state index contributed by atoms with van der Waals surface area (Å²) in [5.41, 5.74) is -1.07. The number of amides is 1. The Labute approximate surface area is 120 Å². The van der Waals surface area contributed by atoms with Crippen LogP contribution in [0.2, 0.25) is 0 Å². The van der Waals surface area contributed by atoms with Gasteiger partial charge >= 0.3 is 12.1 Å². The predicted octanol–water partition coefficient (Wildman–Crippen LogP) is 1.84. The van der Waals surface area contributed by atoms with Crippen molar-refractivity contribution in [2.24, 2.45) is 0 Å². The second-order valence-corrected chi connectivity index (χ2v) is 6.64. The molecule has 2 N–H and O–H groups in total. The molecule has 1 atom stereocenters. The number of hydrogen-bond acceptors (Lipinski definition) is 4. The number of nitrogens with one attached hydrogen (secondary N) is 1. The largest absolute Gasteiger partial charge is 0.481 e. The van der Waals surface area contributed by atoms with Gasteiger partial charge in [0, 0.05) is 19.1 Å². The van der Waals surface area contributed by atoms with Crippen LogP contribution in [0.1, 0.15) is 47.5 Å². The van der Waals surface area contributed by atoms with Crippen LogP contribution in [0.4, 0.5) is 4.79 Å². The van der Waals surface area contributed by atoms with Gasteiger partial charge < -0.3 is 20.1 Å². The smallest absolute Gasteiger partial charge is 0.410 e. The van der Waals surface area contributed by atoms with E-state index in [1.807, 2.05) is 34.6 Å². The van der Waals surface area contributed by atoms with E-state index in [0.717, 1.165) is 6.42 Å². The van der Waals surface area contributed by atoms with E-state index in [2.05, 4.69) is 5.32 Å². The fourth-order valence-electron chi connectivity index (χ4n) is 2.31. The zero-order valence-electron chi connectivity index (χ0n) is 13.0. The maximum absolute atomic E-state index is 11.9. The van der Waals surface area contributed by atoms with Crippen molar-refractivity contribution in [3.63, 3.8) is 0 Å². The quantitative estimate of drug-likeness (QED) is 0.806. The van der Waals surface area contributed by atoms with Crippen LogP contribution in [-0.4, -0.2) is 52.3 Å². The zero-order valence-corrected chi connectivity index (χ0v) is 13.0. The van der Waals surface area contributed by atoms with Gasteiger partial charge in [-0.1, -0.05) is 6.92 Å². The second-order valence-electron chi connectivity index (χ2n) is 6.64. The van der Waals surface area contributed by atoms with Crippen molar-refractivity contribution in [1.82, 2.24) is 10.2 Å². The first-order chi connectivity index (χ1) is 9.07. The van der Waals surface area contributed by atoms with Crippen LogP contribution in [0, 0.1) is 0 Å². The molecule has 1 rings (SSSR count). The van der Waals surface area contributed by atoms with Crippen LogP contribution in [-0.2, 0) is 9.53 Å². The summed E-state index contributed by atoms with van der Waals surface area (Å²) in [6.45, 7) is 10.2. The number of carbonyl (C=O) groups is 2. The molecule has 1 aliphatic rings. The van der Waals surface area contributed by atoms with Gasteiger partial charge in [0.25, 0.3) is 0 Å². The molecule has 0 aromatic heterocycles. The van der Waals surface area contributed by atoms with Gasteiger partial charge in [0.2, 0.25) is 0 Å². The molecule has 6 nitrogen and oxygen atoms in total. The Morgan fingerprint density at radius 1 is 1.40 bits per heavy atom. The van der Waals surface area contributed by atoms with E-state index < -0.39 is 17.1 Å². The molecular weight excluding hydrogens is 260 g/mol. The highest BCUT2D eigenvalue weighted by atomic mass is 16.6. The van der Waals surface area contributed by atoms with Gasteiger partial charge in [-0.15, -0.1) is 0 Å². The van der Waals surface area contributed by atoms with Gasteiger partial charge in [-0.25, -0.2) is 4.79 Å². The van der Waals surface area contributed by atoms with Crippen LogP contribution in [0.25, 0.3) is 0 Å². The molecule has 0 aromatic rings. The summed E-state index contributed by atoms with van der Waals surface area (Å²) in [7, 11) is 0. The molecule has 0 aliphatic carbocycles. The van der Waals surface area contributed by atoms with Gasteiger partial charge in [-0.3, -0.25) is 4.79 Å². The minimum absolute atomic E-state index is 0.0106. The first-order valence-electron chi connectivity index (χ1n) is 7.04. The van der Waals surface area contributed by atoms with Crippen molar-refractivity contribution >= 4 is 12.1 Å². The molecule has 1 aliphatic heterocycles. The lowest BCUT2D eigenvalue weighted by molar-refractivity contribution is -0.141. The summed E-state index contributed by atoms with van der Waals surface area (Å²) in [5.74, 6) is -0.857. The minimum atomic E-state index is -0.857. The zero-order chi connectivity index (χ0) is 15.6. The highest BCUT2D eigenvalue weighted by molar-refractivity contribution is 5.73. The third-order valence-electron chi connectivity index (χ3n) is 3.29. The molecule has 20 heavy (non-hydrogen) atoms. The maximum atomic E-state index is 11.9. The van der Waals surface area contributed by atoms with Gasteiger partial charge in [0.1, 0.15) is 5.60 Å². The molecular formula is C14H26N2O4. The summed E-state index contributed by atoms with van der Waals surface area (Å²) in [6, 6.07) is 0.218. The number of likely N-dealkylation sites (tertiary alicyclic amines) is 1. The van der Waals surface area contributed by atoms with E-state index >= 15 is 0 Å². The van der Waals surface area contributed by atoms with Gasteiger partial charge in [-0.05, 0) is 34.1 Å². The lowest BCUT2D eigenvalue weighted by Crippen LogP contribution is -2.72. The molecule has 6 heteroatoms. The fourth-order valence-corrected chi connectivity index (χ4v) is 2.31. The summed E-state index contributed by atoms with van der Waals surface area (Å²) < 4.78 is 5.28. The molecule has 1 fully saturated rings. The molecule has 0 spiro atoms. The number of hydrogen-bond donors (Lipinski definition) is 2. The van der Waals surface area contributed by atoms with E-state index in [1.54, 1.807) is 4.90 Å². The van der Waals surface area contributed by atoms with Crippen molar-refractivity contribution in [1.29, 1.82) is 0 Å². The molecule has 1 amide bonds. The number of carbonyl (C=O) groups excluding carboxylic acids is 1. The van der Waals surface area contributed by atoms with E-state index in [1.165, 1.54) is 0 Å². The number of nitrogens with zero attached hydrogens (tertiary/aromatic N) is 1. The van der Waals surface area contributed by atoms with Gasteiger partial charge in [-0.2, -0.15) is 0 Å². The number of carboxylic acid groups (broad SMARTS) is 1. The van der Waals surface area contributed by atoms with E-state index in [-0.39, 0.29) is 18.6 Å². The molecule has 0 aromatic carbocycles. The van der Waals surface area contributed by atoms with E-state index in [0.29, 0.717) is 13.1 Å². The maximum Gasteiger partial charge on any atom is 0.410 e. The Morgan fingerprint density at radius 3 is 2.35 bits per heavy atom. The Kier molecular flexibility index (Phi) is 5.02. The molecule has 1 unspecified atom stereocenters. The van der Waals surface area contributed by atoms with E-state index in [4.69, 9.17) is 9.84 Å². The lowest BCUT2D eigenvalue weighted by Gasteiger charge is -2.50. The van der Waals surface area contributed by atoms with Crippen LogP contribution < -0.4 is 5.32 Å². The molecule has 0 bridgehead atoms. The third-order valence-corrected chi connectivity index (χ3v) is 3.29.